The average Bonchev–Trinajstić information content (AvgIpc) is 3.23. The number of nitrogens with zero attached hydrogens (tertiary/aromatic N) is 5. The zero-order valence-corrected chi connectivity index (χ0v) is 31.1. The van der Waals surface area contributed by atoms with Crippen molar-refractivity contribution in [2.45, 2.75) is 0 Å². The van der Waals surface area contributed by atoms with Crippen molar-refractivity contribution in [2.75, 3.05) is 14.2 Å². The van der Waals surface area contributed by atoms with Crippen LogP contribution in [0.15, 0.2) is 146 Å². The van der Waals surface area contributed by atoms with Gasteiger partial charge in [-0.3, -0.25) is 0 Å². The Hall–Kier alpha value is -8.53. The number of aliphatic imine (C=N–C) groups is 5. The summed E-state index contributed by atoms with van der Waals surface area (Å²) in [6, 6.07) is 29.3. The average molecular weight is 798 g/mol. The summed E-state index contributed by atoms with van der Waals surface area (Å²) >= 11 is 0. The monoisotopic (exact) mass is 797 g/mol. The number of aliphatic hydroxyl groups is 5. The Morgan fingerprint density at radius 2 is 0.695 bits per heavy atom. The third kappa shape index (κ3) is 8.66. The number of aromatic hydroxyl groups is 4. The van der Waals surface area contributed by atoms with Crippen LogP contribution in [0, 0.1) is 0 Å². The van der Waals surface area contributed by atoms with Crippen LogP contribution in [0.4, 0.5) is 28.4 Å². The lowest BCUT2D eigenvalue weighted by Crippen LogP contribution is -2.04. The molecule has 0 atom stereocenters. The second kappa shape index (κ2) is 17.5. The summed E-state index contributed by atoms with van der Waals surface area (Å²) in [7, 11) is 2.73. The number of rotatable bonds is 12. The maximum atomic E-state index is 11.1. The van der Waals surface area contributed by atoms with Crippen molar-refractivity contribution < 1.29 is 55.4 Å². The number of aliphatic hydroxyl groups excluding tert-OH is 5. The maximum Gasteiger partial charge on any atom is 0.222 e. The van der Waals surface area contributed by atoms with Crippen LogP contribution in [-0.4, -0.2) is 89.7 Å². The second-order valence-electron chi connectivity index (χ2n) is 12.2. The molecule has 0 aromatic heterocycles. The first-order valence-corrected chi connectivity index (χ1v) is 17.4. The summed E-state index contributed by atoms with van der Waals surface area (Å²) < 4.78 is 10.7. The molecular formula is C43H35N5O11. The molecule has 0 unspecified atom stereocenters. The fraction of sp³-hybridized carbons (Fsp3) is 0.0465. The molecule has 6 aromatic rings. The zero-order chi connectivity index (χ0) is 42.2. The molecule has 6 aromatic carbocycles. The lowest BCUT2D eigenvalue weighted by molar-refractivity contribution is 0.411. The van der Waals surface area contributed by atoms with E-state index < -0.39 is 46.7 Å². The summed E-state index contributed by atoms with van der Waals surface area (Å²) in [6.45, 7) is 0. The SMILES string of the molecule is COc1ccccc1C(O)=Nc1cccc(C(O)=Nc2cccc(C(O)=Nc3cccc(C(O)=Nc4cccc(C(O)=Nc5ccccc5O)c4OC)c3O)c2O)c1O. The van der Waals surface area contributed by atoms with Crippen LogP contribution in [0.1, 0.15) is 27.8 Å². The Kier molecular flexibility index (Phi) is 11.9. The quantitative estimate of drug-likeness (QED) is 0.0417. The molecule has 0 saturated heterocycles. The smallest absolute Gasteiger partial charge is 0.222 e. The van der Waals surface area contributed by atoms with Crippen LogP contribution in [0.5, 0.6) is 34.5 Å². The van der Waals surface area contributed by atoms with Gasteiger partial charge in [0.2, 0.25) is 29.5 Å². The molecule has 9 N–H and O–H groups in total. The van der Waals surface area contributed by atoms with Crippen molar-refractivity contribution in [2.24, 2.45) is 25.0 Å². The van der Waals surface area contributed by atoms with Gasteiger partial charge in [0.05, 0.1) is 42.0 Å². The highest BCUT2D eigenvalue weighted by atomic mass is 16.5. The van der Waals surface area contributed by atoms with E-state index in [1.165, 1.54) is 99.1 Å². The topological polar surface area (TPSA) is 262 Å². The van der Waals surface area contributed by atoms with Crippen molar-refractivity contribution in [3.63, 3.8) is 0 Å². The molecule has 59 heavy (non-hydrogen) atoms. The van der Waals surface area contributed by atoms with Crippen LogP contribution < -0.4 is 9.47 Å². The van der Waals surface area contributed by atoms with E-state index in [1.54, 1.807) is 36.4 Å². The van der Waals surface area contributed by atoms with Crippen LogP contribution in [0.25, 0.3) is 0 Å². The van der Waals surface area contributed by atoms with Gasteiger partial charge in [0, 0.05) is 0 Å². The number of methoxy groups -OCH3 is 2. The molecule has 0 radical (unpaired) electrons. The number of ether oxygens (including phenoxy) is 2. The van der Waals surface area contributed by atoms with Crippen LogP contribution in [-0.2, 0) is 0 Å². The highest BCUT2D eigenvalue weighted by Gasteiger charge is 2.20. The van der Waals surface area contributed by atoms with Crippen molar-refractivity contribution in [1.29, 1.82) is 0 Å². The molecule has 0 bridgehead atoms. The highest BCUT2D eigenvalue weighted by molar-refractivity contribution is 6.04. The molecule has 16 nitrogen and oxygen atoms in total. The van der Waals surface area contributed by atoms with E-state index in [2.05, 4.69) is 25.0 Å². The van der Waals surface area contributed by atoms with Crippen molar-refractivity contribution >= 4 is 57.9 Å². The molecule has 298 valence electrons. The summed E-state index contributed by atoms with van der Waals surface area (Å²) in [5, 5.41) is 97.6. The van der Waals surface area contributed by atoms with E-state index in [1.807, 2.05) is 0 Å². The van der Waals surface area contributed by atoms with Gasteiger partial charge in [-0.15, -0.1) is 0 Å². The second-order valence-corrected chi connectivity index (χ2v) is 12.2. The van der Waals surface area contributed by atoms with Gasteiger partial charge in [-0.25, -0.2) is 25.0 Å². The fourth-order valence-corrected chi connectivity index (χ4v) is 5.67. The van der Waals surface area contributed by atoms with E-state index in [9.17, 15) is 46.0 Å². The number of phenols is 4. The van der Waals surface area contributed by atoms with Gasteiger partial charge in [-0.1, -0.05) is 48.5 Å². The molecule has 0 amide bonds. The Morgan fingerprint density at radius 1 is 0.356 bits per heavy atom. The molecule has 0 spiro atoms. The number of hydrogen-bond acceptors (Lipinski definition) is 11. The number of para-hydroxylation sites is 7. The third-order valence-corrected chi connectivity index (χ3v) is 8.57. The molecular weight excluding hydrogens is 762 g/mol. The van der Waals surface area contributed by atoms with E-state index in [0.717, 1.165) is 0 Å². The first-order chi connectivity index (χ1) is 28.4. The fourth-order valence-electron chi connectivity index (χ4n) is 5.67. The first-order valence-electron chi connectivity index (χ1n) is 17.4. The largest absolute Gasteiger partial charge is 0.506 e. The predicted molar refractivity (Wildman–Crippen MR) is 223 cm³/mol. The summed E-state index contributed by atoms with van der Waals surface area (Å²) in [5.41, 5.74) is -0.832. The van der Waals surface area contributed by atoms with Crippen LogP contribution in [0.2, 0.25) is 0 Å². The minimum Gasteiger partial charge on any atom is -0.506 e. The van der Waals surface area contributed by atoms with Gasteiger partial charge in [-0.05, 0) is 72.8 Å². The molecule has 0 aliphatic carbocycles. The van der Waals surface area contributed by atoms with Crippen molar-refractivity contribution in [1.82, 2.24) is 0 Å². The number of phenolic OH excluding ortho intramolecular Hbond substituents is 4. The molecule has 6 rings (SSSR count). The maximum absolute atomic E-state index is 11.1. The number of hydrogen-bond donors (Lipinski definition) is 9. The normalized spacial score (nSPS) is 12.7. The van der Waals surface area contributed by atoms with Gasteiger partial charge in [0.1, 0.15) is 39.9 Å². The molecule has 0 heterocycles. The van der Waals surface area contributed by atoms with Gasteiger partial charge < -0.3 is 55.4 Å². The molecule has 16 heteroatoms. The Balaban J connectivity index is 1.28. The predicted octanol–water partition coefficient (Wildman–Crippen LogP) is 8.71. The Bertz CT molecular complexity index is 2710. The van der Waals surface area contributed by atoms with Gasteiger partial charge in [0.25, 0.3) is 0 Å². The summed E-state index contributed by atoms with van der Waals surface area (Å²) in [4.78, 5) is 20.3. The van der Waals surface area contributed by atoms with Crippen molar-refractivity contribution in [3.05, 3.63) is 149 Å². The lowest BCUT2D eigenvalue weighted by atomic mass is 10.1. The van der Waals surface area contributed by atoms with Gasteiger partial charge in [0.15, 0.2) is 23.0 Å². The van der Waals surface area contributed by atoms with Gasteiger partial charge in [-0.2, -0.15) is 0 Å². The standard InChI is InChI=1S/C43H35N5O11/c1-58-34-22-6-3-11-23(34)39(53)45-29-17-7-12-24(35(29)50)40(54)46-30-18-8-13-25(36(30)51)41(55)47-31-19-9-14-26(37(31)52)42(56)48-32-20-10-15-27(38(32)59-2)43(57)44-28-16-4-5-21-33(28)49/h3-22,49-52H,1-2H3,(H,44,57)(H,45,53)(H,46,54)(H,47,55)(H,48,56). The molecule has 0 fully saturated rings. The molecule has 0 saturated carbocycles. The van der Waals surface area contributed by atoms with Crippen molar-refractivity contribution in [3.8, 4) is 34.5 Å². The third-order valence-electron chi connectivity index (χ3n) is 8.57. The van der Waals surface area contributed by atoms with Gasteiger partial charge >= 0.3 is 0 Å². The summed E-state index contributed by atoms with van der Waals surface area (Å²) in [6.07, 6.45) is 0. The Labute approximate surface area is 335 Å². The van der Waals surface area contributed by atoms with Crippen LogP contribution >= 0.6 is 0 Å². The van der Waals surface area contributed by atoms with E-state index >= 15 is 0 Å². The minimum absolute atomic E-state index is 0.00547. The van der Waals surface area contributed by atoms with Crippen LogP contribution in [0.3, 0.4) is 0 Å². The zero-order valence-electron chi connectivity index (χ0n) is 31.1. The number of benzene rings is 6. The first kappa shape index (κ1) is 40.1. The van der Waals surface area contributed by atoms with E-state index in [4.69, 9.17) is 9.47 Å². The molecule has 0 aliphatic rings. The summed E-state index contributed by atoms with van der Waals surface area (Å²) in [5.74, 6) is -4.83. The van der Waals surface area contributed by atoms with E-state index in [0.29, 0.717) is 5.75 Å². The Morgan fingerprint density at radius 3 is 1.17 bits per heavy atom. The van der Waals surface area contributed by atoms with E-state index in [-0.39, 0.29) is 67.8 Å². The molecule has 0 aliphatic heterocycles. The lowest BCUT2D eigenvalue weighted by Gasteiger charge is -2.11. The minimum atomic E-state index is -0.789. The highest BCUT2D eigenvalue weighted by Crippen LogP contribution is 2.38.